The highest BCUT2D eigenvalue weighted by Gasteiger charge is 2.20. The topological polar surface area (TPSA) is 3.24 Å². The smallest absolute Gasteiger partial charge is 0.0550 e. The van der Waals surface area contributed by atoms with Crippen molar-refractivity contribution in [2.45, 2.75) is 45.9 Å². The minimum Gasteiger partial charge on any atom is -0.343 e. The molecule has 0 unspecified atom stereocenters. The monoisotopic (exact) mass is 301 g/mol. The summed E-state index contributed by atoms with van der Waals surface area (Å²) in [6.45, 7) is 10.1. The van der Waals surface area contributed by atoms with E-state index in [4.69, 9.17) is 0 Å². The number of benzene rings is 1. The number of likely N-dealkylation sites (N-methyl/N-ethyl adjacent to an activating group) is 1. The summed E-state index contributed by atoms with van der Waals surface area (Å²) >= 11 is 1.87. The molecule has 1 aliphatic carbocycles. The number of aryl methyl sites for hydroxylation is 1. The van der Waals surface area contributed by atoms with Crippen molar-refractivity contribution in [3.8, 4) is 0 Å². The third kappa shape index (κ3) is 4.04. The van der Waals surface area contributed by atoms with Gasteiger partial charge >= 0.3 is 0 Å². The van der Waals surface area contributed by atoms with Crippen LogP contribution in [0.1, 0.15) is 39.7 Å². The molecular formula is C19H27NS. The molecule has 0 bridgehead atoms. The van der Waals surface area contributed by atoms with Gasteiger partial charge in [0.25, 0.3) is 0 Å². The van der Waals surface area contributed by atoms with Crippen LogP contribution in [0, 0.1) is 6.92 Å². The van der Waals surface area contributed by atoms with E-state index in [9.17, 15) is 0 Å². The van der Waals surface area contributed by atoms with E-state index in [0.29, 0.717) is 0 Å². The molecule has 0 spiro atoms. The normalized spacial score (nSPS) is 15.0. The van der Waals surface area contributed by atoms with Crippen LogP contribution in [0.3, 0.4) is 0 Å². The van der Waals surface area contributed by atoms with Crippen molar-refractivity contribution in [1.82, 2.24) is 0 Å². The fraction of sp³-hybridized carbons (Fsp3) is 0.368. The molecule has 0 saturated carbocycles. The second-order valence-corrected chi connectivity index (χ2v) is 5.51. The van der Waals surface area contributed by atoms with Crippen molar-refractivity contribution < 1.29 is 0 Å². The van der Waals surface area contributed by atoms with Crippen LogP contribution in [-0.4, -0.2) is 7.05 Å². The molecule has 1 aromatic rings. The number of nitrogens with zero attached hydrogens (tertiary/aromatic N) is 1. The Morgan fingerprint density at radius 2 is 1.67 bits per heavy atom. The molecule has 1 nitrogen and oxygen atoms in total. The lowest BCUT2D eigenvalue weighted by molar-refractivity contribution is 1.08. The first-order valence-electron chi connectivity index (χ1n) is 7.85. The number of fused-ring (bicyclic) bond motifs is 1. The van der Waals surface area contributed by atoms with E-state index in [1.807, 2.05) is 39.5 Å². The zero-order chi connectivity index (χ0) is 15.8. The lowest BCUT2D eigenvalue weighted by atomic mass is 10.2. The van der Waals surface area contributed by atoms with Gasteiger partial charge in [-0.05, 0) is 43.2 Å². The largest absolute Gasteiger partial charge is 0.343 e. The summed E-state index contributed by atoms with van der Waals surface area (Å²) in [7, 11) is 2.15. The van der Waals surface area contributed by atoms with Gasteiger partial charge in [0.05, 0.1) is 11.4 Å². The lowest BCUT2D eigenvalue weighted by Crippen LogP contribution is -2.19. The standard InChI is InChI=1S/C15H15NS.2C2H6/c1-11-8-9-13-15(10-11)17-14-7-5-3-4-6-12(14)16(13)2;2*1-2/h4-10H,3H2,1-2H3;2*1-2H3. The fourth-order valence-corrected chi connectivity index (χ4v) is 3.46. The van der Waals surface area contributed by atoms with Crippen molar-refractivity contribution in [3.63, 3.8) is 0 Å². The van der Waals surface area contributed by atoms with Crippen LogP contribution in [0.2, 0.25) is 0 Å². The molecule has 0 N–H and O–H groups in total. The summed E-state index contributed by atoms with van der Waals surface area (Å²) in [5, 5.41) is 0. The van der Waals surface area contributed by atoms with Gasteiger partial charge in [-0.2, -0.15) is 0 Å². The molecule has 0 atom stereocenters. The number of thioether (sulfide) groups is 1. The van der Waals surface area contributed by atoms with Gasteiger partial charge in [0, 0.05) is 16.8 Å². The SMILES string of the molecule is CC.CC.Cc1ccc2c(c1)SC1=C(C=CCC=C1)N2C. The quantitative estimate of drug-likeness (QED) is 0.552. The van der Waals surface area contributed by atoms with Gasteiger partial charge in [0.2, 0.25) is 0 Å². The summed E-state index contributed by atoms with van der Waals surface area (Å²) < 4.78 is 0. The van der Waals surface area contributed by atoms with Crippen LogP contribution in [0.15, 0.2) is 58.0 Å². The Morgan fingerprint density at radius 1 is 1.00 bits per heavy atom. The fourth-order valence-electron chi connectivity index (χ4n) is 2.19. The lowest BCUT2D eigenvalue weighted by Gasteiger charge is -2.29. The van der Waals surface area contributed by atoms with E-state index in [2.05, 4.69) is 61.4 Å². The second-order valence-electron chi connectivity index (χ2n) is 4.42. The second kappa shape index (κ2) is 8.78. The van der Waals surface area contributed by atoms with Crippen molar-refractivity contribution in [3.05, 3.63) is 58.7 Å². The highest BCUT2D eigenvalue weighted by Crippen LogP contribution is 2.44. The van der Waals surface area contributed by atoms with Crippen LogP contribution in [0.4, 0.5) is 5.69 Å². The van der Waals surface area contributed by atoms with Crippen LogP contribution in [0.5, 0.6) is 0 Å². The molecule has 1 heterocycles. The number of hydrogen-bond acceptors (Lipinski definition) is 2. The van der Waals surface area contributed by atoms with E-state index >= 15 is 0 Å². The predicted octanol–water partition coefficient (Wildman–Crippen LogP) is 6.32. The van der Waals surface area contributed by atoms with Gasteiger partial charge in [0.15, 0.2) is 0 Å². The molecule has 1 aliphatic heterocycles. The summed E-state index contributed by atoms with van der Waals surface area (Å²) in [4.78, 5) is 4.98. The average Bonchev–Trinajstić information content (AvgIpc) is 2.77. The number of hydrogen-bond donors (Lipinski definition) is 0. The summed E-state index contributed by atoms with van der Waals surface area (Å²) in [5.74, 6) is 0. The van der Waals surface area contributed by atoms with Crippen molar-refractivity contribution >= 4 is 17.4 Å². The van der Waals surface area contributed by atoms with Crippen LogP contribution in [0.25, 0.3) is 0 Å². The van der Waals surface area contributed by atoms with E-state index in [-0.39, 0.29) is 0 Å². The Hall–Kier alpha value is -1.41. The highest BCUT2D eigenvalue weighted by molar-refractivity contribution is 8.03. The van der Waals surface area contributed by atoms with E-state index in [1.165, 1.54) is 26.7 Å². The molecular weight excluding hydrogens is 274 g/mol. The Balaban J connectivity index is 0.000000510. The van der Waals surface area contributed by atoms with Crippen molar-refractivity contribution in [2.24, 2.45) is 0 Å². The number of allylic oxidation sites excluding steroid dienone is 4. The zero-order valence-electron chi connectivity index (χ0n) is 14.1. The van der Waals surface area contributed by atoms with Gasteiger partial charge in [-0.1, -0.05) is 57.7 Å². The zero-order valence-corrected chi connectivity index (χ0v) is 14.9. The maximum atomic E-state index is 2.28. The molecule has 0 aromatic heterocycles. The average molecular weight is 301 g/mol. The Bertz CT molecular complexity index is 553. The van der Waals surface area contributed by atoms with Gasteiger partial charge in [-0.3, -0.25) is 0 Å². The van der Waals surface area contributed by atoms with Crippen LogP contribution < -0.4 is 4.90 Å². The van der Waals surface area contributed by atoms with Gasteiger partial charge < -0.3 is 4.90 Å². The van der Waals surface area contributed by atoms with Crippen LogP contribution >= 0.6 is 11.8 Å². The number of rotatable bonds is 0. The third-order valence-corrected chi connectivity index (χ3v) is 4.24. The minimum atomic E-state index is 1.02. The molecule has 0 fully saturated rings. The van der Waals surface area contributed by atoms with Gasteiger partial charge in [0.1, 0.15) is 0 Å². The molecule has 114 valence electrons. The number of anilines is 1. The Labute approximate surface area is 134 Å². The molecule has 0 amide bonds. The minimum absolute atomic E-state index is 1.02. The van der Waals surface area contributed by atoms with Crippen molar-refractivity contribution in [2.75, 3.05) is 11.9 Å². The molecule has 3 rings (SSSR count). The van der Waals surface area contributed by atoms with Crippen molar-refractivity contribution in [1.29, 1.82) is 0 Å². The summed E-state index contributed by atoms with van der Waals surface area (Å²) in [6, 6.07) is 6.66. The Kier molecular flexibility index (Phi) is 7.38. The highest BCUT2D eigenvalue weighted by atomic mass is 32.2. The van der Waals surface area contributed by atoms with Crippen LogP contribution in [-0.2, 0) is 0 Å². The summed E-state index contributed by atoms with van der Waals surface area (Å²) in [6.07, 6.45) is 9.93. The third-order valence-electron chi connectivity index (χ3n) is 3.13. The first-order valence-corrected chi connectivity index (χ1v) is 8.67. The van der Waals surface area contributed by atoms with Gasteiger partial charge in [-0.15, -0.1) is 0 Å². The molecule has 1 aromatic carbocycles. The molecule has 0 radical (unpaired) electrons. The first kappa shape index (κ1) is 17.6. The molecule has 0 saturated heterocycles. The Morgan fingerprint density at radius 3 is 2.38 bits per heavy atom. The predicted molar refractivity (Wildman–Crippen MR) is 98.1 cm³/mol. The van der Waals surface area contributed by atoms with E-state index in [1.54, 1.807) is 0 Å². The molecule has 2 aliphatic rings. The molecule has 2 heteroatoms. The van der Waals surface area contributed by atoms with E-state index in [0.717, 1.165) is 6.42 Å². The maximum absolute atomic E-state index is 2.28. The molecule has 21 heavy (non-hydrogen) atoms. The van der Waals surface area contributed by atoms with E-state index < -0.39 is 0 Å². The maximum Gasteiger partial charge on any atom is 0.0550 e. The summed E-state index contributed by atoms with van der Waals surface area (Å²) in [5.41, 5.74) is 3.93. The first-order chi connectivity index (χ1) is 10.3. The van der Waals surface area contributed by atoms with Gasteiger partial charge in [-0.25, -0.2) is 0 Å².